The fourth-order valence-electron chi connectivity index (χ4n) is 0.463. The molecule has 1 aromatic rings. The van der Waals surface area contributed by atoms with Crippen LogP contribution in [0.3, 0.4) is 0 Å². The Kier molecular flexibility index (Phi) is 1.59. The van der Waals surface area contributed by atoms with E-state index in [9.17, 15) is 4.39 Å². The molecule has 0 aliphatic heterocycles. The van der Waals surface area contributed by atoms with Gasteiger partial charge >= 0.3 is 0 Å². The lowest BCUT2D eigenvalue weighted by molar-refractivity contribution is 0.628. The van der Waals surface area contributed by atoms with Crippen LogP contribution < -0.4 is 5.30 Å². The molecular formula is C6H6FP. The van der Waals surface area contributed by atoms with Crippen molar-refractivity contribution in [3.05, 3.63) is 30.1 Å². The third kappa shape index (κ3) is 1.28. The van der Waals surface area contributed by atoms with Crippen molar-refractivity contribution < 1.29 is 4.39 Å². The quantitative estimate of drug-likeness (QED) is 0.461. The SMILES string of the molecule is [18F]c1ccc(P)cc1. The summed E-state index contributed by atoms with van der Waals surface area (Å²) in [6, 6.07) is 6.28. The Labute approximate surface area is 49.9 Å². The van der Waals surface area contributed by atoms with Crippen molar-refractivity contribution in [2.45, 2.75) is 0 Å². The highest BCUT2D eigenvalue weighted by atomic mass is 31.0. The lowest BCUT2D eigenvalue weighted by atomic mass is 10.3. The van der Waals surface area contributed by atoms with Gasteiger partial charge in [-0.2, -0.15) is 0 Å². The highest BCUT2D eigenvalue weighted by molar-refractivity contribution is 7.27. The molecule has 0 heterocycles. The number of rotatable bonds is 0. The maximum absolute atomic E-state index is 12.1. The normalized spacial score (nSPS) is 9.25. The molecular weight excluding hydrogens is 121 g/mol. The average molecular weight is 127 g/mol. The van der Waals surface area contributed by atoms with Crippen LogP contribution in [0.1, 0.15) is 0 Å². The van der Waals surface area contributed by atoms with E-state index in [-0.39, 0.29) is 5.82 Å². The lowest BCUT2D eigenvalue weighted by Crippen LogP contribution is -1.86. The van der Waals surface area contributed by atoms with Gasteiger partial charge in [-0.3, -0.25) is 0 Å². The highest BCUT2D eigenvalue weighted by Gasteiger charge is 1.83. The van der Waals surface area contributed by atoms with E-state index < -0.39 is 0 Å². The Bertz CT molecular complexity index is 147. The predicted octanol–water partition coefficient (Wildman–Crippen LogP) is 1.33. The Morgan fingerprint density at radius 1 is 1.12 bits per heavy atom. The summed E-state index contributed by atoms with van der Waals surface area (Å²) in [5.41, 5.74) is 0. The molecule has 0 saturated heterocycles. The summed E-state index contributed by atoms with van der Waals surface area (Å²) in [6.07, 6.45) is 0. The monoisotopic (exact) mass is 127 g/mol. The fourth-order valence-corrected chi connectivity index (χ4v) is 0.655. The van der Waals surface area contributed by atoms with Crippen LogP contribution >= 0.6 is 9.24 Å². The third-order valence-corrected chi connectivity index (χ3v) is 1.25. The fraction of sp³-hybridized carbons (Fsp3) is 0. The molecule has 1 rings (SSSR count). The molecule has 0 fully saturated rings. The maximum Gasteiger partial charge on any atom is 0.123 e. The third-order valence-electron chi connectivity index (χ3n) is 0.870. The Hall–Kier alpha value is -0.420. The molecule has 0 nitrogen and oxygen atoms in total. The zero-order valence-electron chi connectivity index (χ0n) is 4.26. The standard InChI is InChI=1S/C6H6FP/c7-5-1-3-6(8)4-2-5/h1-4H,8H2/i7-1. The molecule has 0 aliphatic rings. The van der Waals surface area contributed by atoms with Crippen LogP contribution in [0.15, 0.2) is 24.3 Å². The van der Waals surface area contributed by atoms with Gasteiger partial charge in [0.1, 0.15) is 5.82 Å². The van der Waals surface area contributed by atoms with E-state index >= 15 is 0 Å². The van der Waals surface area contributed by atoms with Crippen molar-refractivity contribution in [1.82, 2.24) is 0 Å². The van der Waals surface area contributed by atoms with Gasteiger partial charge in [-0.15, -0.1) is 9.24 Å². The molecule has 0 bridgehead atoms. The van der Waals surface area contributed by atoms with Crippen molar-refractivity contribution in [2.24, 2.45) is 0 Å². The second kappa shape index (κ2) is 2.23. The van der Waals surface area contributed by atoms with Crippen molar-refractivity contribution in [3.8, 4) is 0 Å². The molecule has 42 valence electrons. The zero-order valence-corrected chi connectivity index (χ0v) is 5.42. The van der Waals surface area contributed by atoms with Crippen molar-refractivity contribution in [3.63, 3.8) is 0 Å². The van der Waals surface area contributed by atoms with Crippen LogP contribution in [-0.4, -0.2) is 0 Å². The van der Waals surface area contributed by atoms with E-state index in [0.717, 1.165) is 5.30 Å². The van der Waals surface area contributed by atoms with Gasteiger partial charge in [0.25, 0.3) is 0 Å². The minimum atomic E-state index is -0.184. The second-order valence-corrected chi connectivity index (χ2v) is 2.22. The van der Waals surface area contributed by atoms with Crippen LogP contribution in [0.2, 0.25) is 0 Å². The summed E-state index contributed by atoms with van der Waals surface area (Å²) in [5, 5.41) is 1.01. The zero-order chi connectivity index (χ0) is 5.98. The largest absolute Gasteiger partial charge is 0.207 e. The van der Waals surface area contributed by atoms with Crippen LogP contribution in [0, 0.1) is 5.82 Å². The first-order valence-corrected chi connectivity index (χ1v) is 2.88. The second-order valence-electron chi connectivity index (χ2n) is 1.55. The first-order valence-electron chi connectivity index (χ1n) is 2.30. The smallest absolute Gasteiger partial charge is 0.123 e. The molecule has 0 aromatic heterocycles. The molecule has 1 atom stereocenters. The van der Waals surface area contributed by atoms with Crippen molar-refractivity contribution in [2.75, 3.05) is 0 Å². The Morgan fingerprint density at radius 2 is 1.62 bits per heavy atom. The molecule has 0 aliphatic carbocycles. The molecule has 0 N–H and O–H groups in total. The van der Waals surface area contributed by atoms with Crippen LogP contribution in [0.5, 0.6) is 0 Å². The highest BCUT2D eigenvalue weighted by Crippen LogP contribution is 1.94. The molecule has 0 saturated carbocycles. The molecule has 0 amide bonds. The molecule has 2 heteroatoms. The average Bonchev–Trinajstić information content (AvgIpc) is 1.77. The van der Waals surface area contributed by atoms with E-state index in [1.807, 2.05) is 0 Å². The Balaban J connectivity index is 3.03. The van der Waals surface area contributed by atoms with Gasteiger partial charge in [0.05, 0.1) is 0 Å². The van der Waals surface area contributed by atoms with Crippen LogP contribution in [0.4, 0.5) is 4.39 Å². The van der Waals surface area contributed by atoms with Crippen molar-refractivity contribution >= 4 is 14.5 Å². The molecule has 0 spiro atoms. The number of halogens is 1. The number of hydrogen-bond acceptors (Lipinski definition) is 0. The molecule has 1 unspecified atom stereocenters. The summed E-state index contributed by atoms with van der Waals surface area (Å²) in [7, 11) is 2.48. The lowest BCUT2D eigenvalue weighted by Gasteiger charge is -1.86. The van der Waals surface area contributed by atoms with Crippen molar-refractivity contribution in [1.29, 1.82) is 0 Å². The summed E-state index contributed by atoms with van der Waals surface area (Å²) in [6.45, 7) is 0. The summed E-state index contributed by atoms with van der Waals surface area (Å²) >= 11 is 0. The minimum absolute atomic E-state index is 0.184. The number of hydrogen-bond donors (Lipinski definition) is 0. The topological polar surface area (TPSA) is 0 Å². The van der Waals surface area contributed by atoms with Gasteiger partial charge in [0, 0.05) is 0 Å². The van der Waals surface area contributed by atoms with E-state index in [2.05, 4.69) is 9.24 Å². The van der Waals surface area contributed by atoms with Gasteiger partial charge in [-0.1, -0.05) is 12.1 Å². The van der Waals surface area contributed by atoms with Gasteiger partial charge < -0.3 is 0 Å². The summed E-state index contributed by atoms with van der Waals surface area (Å²) < 4.78 is 12.1. The van der Waals surface area contributed by atoms with Gasteiger partial charge in [0.2, 0.25) is 0 Å². The van der Waals surface area contributed by atoms with Crippen LogP contribution in [-0.2, 0) is 0 Å². The van der Waals surface area contributed by atoms with Gasteiger partial charge in [-0.25, -0.2) is 4.39 Å². The molecule has 0 radical (unpaired) electrons. The summed E-state index contributed by atoms with van der Waals surface area (Å²) in [5.74, 6) is -0.184. The van der Waals surface area contributed by atoms with E-state index in [0.29, 0.717) is 0 Å². The van der Waals surface area contributed by atoms with Gasteiger partial charge in [-0.05, 0) is 17.4 Å². The summed E-state index contributed by atoms with van der Waals surface area (Å²) in [4.78, 5) is 0. The minimum Gasteiger partial charge on any atom is -0.207 e. The van der Waals surface area contributed by atoms with Gasteiger partial charge in [0.15, 0.2) is 0 Å². The first-order chi connectivity index (χ1) is 3.79. The first kappa shape index (κ1) is 5.71. The predicted molar refractivity (Wildman–Crippen MR) is 35.7 cm³/mol. The maximum atomic E-state index is 12.1. The Morgan fingerprint density at radius 3 is 2.00 bits per heavy atom. The van der Waals surface area contributed by atoms with Crippen LogP contribution in [0.25, 0.3) is 0 Å². The van der Waals surface area contributed by atoms with E-state index in [1.54, 1.807) is 12.1 Å². The van der Waals surface area contributed by atoms with E-state index in [1.165, 1.54) is 12.1 Å². The number of benzene rings is 1. The molecule has 8 heavy (non-hydrogen) atoms. The molecule has 1 aromatic carbocycles. The van der Waals surface area contributed by atoms with E-state index in [4.69, 9.17) is 0 Å².